The first-order valence-electron chi connectivity index (χ1n) is 8.65. The van der Waals surface area contributed by atoms with Crippen LogP contribution >= 0.6 is 0 Å². The van der Waals surface area contributed by atoms with E-state index < -0.39 is 18.0 Å². The predicted molar refractivity (Wildman–Crippen MR) is 93.6 cm³/mol. The minimum absolute atomic E-state index is 0.135. The minimum atomic E-state index is -0.682. The number of benzene rings is 1. The SMILES string of the molecule is CCOC(=O)C(CC)C(OC(=O)CCCNC(C)=O)c1ccccc1. The number of rotatable bonds is 10. The first kappa shape index (κ1) is 20.7. The van der Waals surface area contributed by atoms with E-state index in [1.54, 1.807) is 6.92 Å². The van der Waals surface area contributed by atoms with Gasteiger partial charge in [-0.1, -0.05) is 37.3 Å². The lowest BCUT2D eigenvalue weighted by molar-refractivity contribution is -0.162. The first-order valence-corrected chi connectivity index (χ1v) is 8.65. The maximum atomic E-state index is 12.2. The molecule has 0 aliphatic heterocycles. The highest BCUT2D eigenvalue weighted by molar-refractivity contribution is 5.75. The molecule has 6 heteroatoms. The monoisotopic (exact) mass is 349 g/mol. The van der Waals surface area contributed by atoms with Crippen molar-refractivity contribution in [1.82, 2.24) is 5.32 Å². The molecule has 2 atom stereocenters. The van der Waals surface area contributed by atoms with Gasteiger partial charge in [0.1, 0.15) is 6.10 Å². The average molecular weight is 349 g/mol. The van der Waals surface area contributed by atoms with Crippen LogP contribution in [0.4, 0.5) is 0 Å². The van der Waals surface area contributed by atoms with E-state index in [0.29, 0.717) is 19.4 Å². The molecule has 0 radical (unpaired) electrons. The Morgan fingerprint density at radius 2 is 1.80 bits per heavy atom. The number of carbonyl (C=O) groups is 3. The van der Waals surface area contributed by atoms with Crippen molar-refractivity contribution < 1.29 is 23.9 Å². The van der Waals surface area contributed by atoms with Gasteiger partial charge in [-0.2, -0.15) is 0 Å². The van der Waals surface area contributed by atoms with Gasteiger partial charge in [-0.25, -0.2) is 0 Å². The van der Waals surface area contributed by atoms with Crippen LogP contribution in [-0.2, 0) is 23.9 Å². The highest BCUT2D eigenvalue weighted by Gasteiger charge is 2.32. The predicted octanol–water partition coefficient (Wildman–Crippen LogP) is 2.78. The number of ether oxygens (including phenoxy) is 2. The summed E-state index contributed by atoms with van der Waals surface area (Å²) in [5.41, 5.74) is 0.762. The number of hydrogen-bond donors (Lipinski definition) is 1. The number of amides is 1. The van der Waals surface area contributed by atoms with Gasteiger partial charge in [0.2, 0.25) is 5.91 Å². The molecule has 0 bridgehead atoms. The third-order valence-corrected chi connectivity index (χ3v) is 3.71. The maximum Gasteiger partial charge on any atom is 0.313 e. The Hall–Kier alpha value is -2.37. The molecule has 25 heavy (non-hydrogen) atoms. The summed E-state index contributed by atoms with van der Waals surface area (Å²) in [6.07, 6.45) is 0.467. The van der Waals surface area contributed by atoms with E-state index in [-0.39, 0.29) is 24.9 Å². The van der Waals surface area contributed by atoms with Gasteiger partial charge in [0.25, 0.3) is 0 Å². The molecular formula is C19H27NO5. The van der Waals surface area contributed by atoms with E-state index in [2.05, 4.69) is 5.32 Å². The van der Waals surface area contributed by atoms with Gasteiger partial charge in [-0.3, -0.25) is 14.4 Å². The van der Waals surface area contributed by atoms with Gasteiger partial charge < -0.3 is 14.8 Å². The van der Waals surface area contributed by atoms with E-state index in [1.165, 1.54) is 6.92 Å². The Labute approximate surface area is 148 Å². The Morgan fingerprint density at radius 3 is 2.36 bits per heavy atom. The molecule has 0 saturated carbocycles. The molecular weight excluding hydrogens is 322 g/mol. The quantitative estimate of drug-likeness (QED) is 0.519. The maximum absolute atomic E-state index is 12.2. The highest BCUT2D eigenvalue weighted by Crippen LogP contribution is 2.30. The molecule has 0 heterocycles. The van der Waals surface area contributed by atoms with Crippen LogP contribution in [0.25, 0.3) is 0 Å². The van der Waals surface area contributed by atoms with Crippen LogP contribution in [0.5, 0.6) is 0 Å². The van der Waals surface area contributed by atoms with Crippen LogP contribution < -0.4 is 5.32 Å². The van der Waals surface area contributed by atoms with Gasteiger partial charge in [0.15, 0.2) is 0 Å². The Morgan fingerprint density at radius 1 is 1.12 bits per heavy atom. The largest absolute Gasteiger partial charge is 0.466 e. The molecule has 0 spiro atoms. The van der Waals surface area contributed by atoms with Gasteiger partial charge in [-0.15, -0.1) is 0 Å². The molecule has 0 aromatic heterocycles. The second-order valence-electron chi connectivity index (χ2n) is 5.67. The van der Waals surface area contributed by atoms with Crippen LogP contribution in [0, 0.1) is 5.92 Å². The van der Waals surface area contributed by atoms with Gasteiger partial charge in [0, 0.05) is 19.9 Å². The zero-order valence-corrected chi connectivity index (χ0v) is 15.1. The van der Waals surface area contributed by atoms with Crippen LogP contribution in [-0.4, -0.2) is 31.0 Å². The zero-order chi connectivity index (χ0) is 18.7. The molecule has 0 aliphatic rings. The molecule has 0 fully saturated rings. The summed E-state index contributed by atoms with van der Waals surface area (Å²) < 4.78 is 10.7. The minimum Gasteiger partial charge on any atom is -0.466 e. The Kier molecular flexibility index (Phi) is 9.29. The van der Waals surface area contributed by atoms with Crippen molar-refractivity contribution in [2.24, 2.45) is 5.92 Å². The molecule has 0 saturated heterocycles. The molecule has 1 rings (SSSR count). The second-order valence-corrected chi connectivity index (χ2v) is 5.67. The fraction of sp³-hybridized carbons (Fsp3) is 0.526. The summed E-state index contributed by atoms with van der Waals surface area (Å²) in [6.45, 7) is 5.73. The van der Waals surface area contributed by atoms with Crippen LogP contribution in [0.3, 0.4) is 0 Å². The molecule has 0 aliphatic carbocycles. The summed E-state index contributed by atoms with van der Waals surface area (Å²) in [6, 6.07) is 9.20. The molecule has 2 unspecified atom stereocenters. The molecule has 138 valence electrons. The van der Waals surface area contributed by atoms with Crippen LogP contribution in [0.1, 0.15) is 51.7 Å². The fourth-order valence-electron chi connectivity index (χ4n) is 2.48. The van der Waals surface area contributed by atoms with Crippen LogP contribution in [0.15, 0.2) is 30.3 Å². The smallest absolute Gasteiger partial charge is 0.313 e. The number of hydrogen-bond acceptors (Lipinski definition) is 5. The highest BCUT2D eigenvalue weighted by atomic mass is 16.6. The number of nitrogens with one attached hydrogen (secondary N) is 1. The third kappa shape index (κ3) is 7.37. The molecule has 1 aromatic carbocycles. The Balaban J connectivity index is 2.79. The van der Waals surface area contributed by atoms with E-state index in [9.17, 15) is 14.4 Å². The van der Waals surface area contributed by atoms with Crippen molar-refractivity contribution >= 4 is 17.8 Å². The van der Waals surface area contributed by atoms with Crippen LogP contribution in [0.2, 0.25) is 0 Å². The molecule has 1 amide bonds. The lowest BCUT2D eigenvalue weighted by atomic mass is 9.93. The van der Waals surface area contributed by atoms with Crippen molar-refractivity contribution in [3.05, 3.63) is 35.9 Å². The second kappa shape index (κ2) is 11.2. The summed E-state index contributed by atoms with van der Waals surface area (Å²) in [7, 11) is 0. The van der Waals surface area contributed by atoms with Crippen molar-refractivity contribution in [1.29, 1.82) is 0 Å². The van der Waals surface area contributed by atoms with Crippen molar-refractivity contribution in [3.8, 4) is 0 Å². The summed E-state index contributed by atoms with van der Waals surface area (Å²) >= 11 is 0. The first-order chi connectivity index (χ1) is 12.0. The summed E-state index contributed by atoms with van der Waals surface area (Å²) in [5.74, 6) is -1.46. The summed E-state index contributed by atoms with van der Waals surface area (Å²) in [5, 5.41) is 2.63. The third-order valence-electron chi connectivity index (χ3n) is 3.71. The topological polar surface area (TPSA) is 81.7 Å². The van der Waals surface area contributed by atoms with Crippen molar-refractivity contribution in [3.63, 3.8) is 0 Å². The van der Waals surface area contributed by atoms with Gasteiger partial charge in [0.05, 0.1) is 12.5 Å². The van der Waals surface area contributed by atoms with Crippen molar-refractivity contribution in [2.45, 2.75) is 46.1 Å². The Bertz CT molecular complexity index is 558. The standard InChI is InChI=1S/C19H27NO5/c1-4-16(19(23)24-5-2)18(15-10-7-6-8-11-15)25-17(22)12-9-13-20-14(3)21/h6-8,10-11,16,18H,4-5,9,12-13H2,1-3H3,(H,20,21). The zero-order valence-electron chi connectivity index (χ0n) is 15.1. The molecule has 1 aromatic rings. The van der Waals surface area contributed by atoms with E-state index in [0.717, 1.165) is 5.56 Å². The summed E-state index contributed by atoms with van der Waals surface area (Å²) in [4.78, 5) is 35.3. The van der Waals surface area contributed by atoms with Gasteiger partial charge in [-0.05, 0) is 25.3 Å². The normalized spacial score (nSPS) is 12.8. The lowest BCUT2D eigenvalue weighted by Gasteiger charge is -2.25. The molecule has 1 N–H and O–H groups in total. The number of carbonyl (C=O) groups excluding carboxylic acids is 3. The lowest BCUT2D eigenvalue weighted by Crippen LogP contribution is -2.28. The van der Waals surface area contributed by atoms with Crippen molar-refractivity contribution in [2.75, 3.05) is 13.2 Å². The van der Waals surface area contributed by atoms with E-state index >= 15 is 0 Å². The number of esters is 2. The molecule has 6 nitrogen and oxygen atoms in total. The average Bonchev–Trinajstić information content (AvgIpc) is 2.59. The van der Waals surface area contributed by atoms with E-state index in [4.69, 9.17) is 9.47 Å². The van der Waals surface area contributed by atoms with E-state index in [1.807, 2.05) is 37.3 Å². The van der Waals surface area contributed by atoms with Gasteiger partial charge >= 0.3 is 11.9 Å². The fourth-order valence-corrected chi connectivity index (χ4v) is 2.48.